The van der Waals surface area contributed by atoms with E-state index in [1.54, 1.807) is 4.57 Å². The number of hydrogen-bond acceptors (Lipinski definition) is 6. The SMILES string of the molecule is O=C([O-])C[C@H](O)C[C@H](O)CCn1c(-c2ccc(F)cc2)nc(C(=O)NCc2ccc(F)cc2F)c1C1CC1.[Na+]. The van der Waals surface area contributed by atoms with Gasteiger partial charge in [-0.05, 0) is 56.0 Å². The van der Waals surface area contributed by atoms with Crippen molar-refractivity contribution in [2.24, 2.45) is 0 Å². The molecule has 3 N–H and O–H groups in total. The number of nitrogens with zero attached hydrogens (tertiary/aromatic N) is 2. The Bertz CT molecular complexity index is 1310. The number of carboxylic acids is 1. The van der Waals surface area contributed by atoms with Gasteiger partial charge in [0, 0.05) is 48.6 Å². The van der Waals surface area contributed by atoms with Crippen molar-refractivity contribution in [2.45, 2.75) is 63.3 Å². The number of hydrogen-bond donors (Lipinski definition) is 3. The molecule has 2 atom stereocenters. The molecule has 1 aromatic heterocycles. The van der Waals surface area contributed by atoms with Crippen LogP contribution in [0.25, 0.3) is 11.4 Å². The molecular formula is C27H27F3N3NaO5. The molecule has 12 heteroatoms. The minimum Gasteiger partial charge on any atom is -0.550 e. The summed E-state index contributed by atoms with van der Waals surface area (Å²) in [5.41, 5.74) is 1.36. The van der Waals surface area contributed by atoms with Gasteiger partial charge in [-0.3, -0.25) is 4.79 Å². The molecule has 0 spiro atoms. The van der Waals surface area contributed by atoms with Gasteiger partial charge in [-0.15, -0.1) is 0 Å². The second-order valence-corrected chi connectivity index (χ2v) is 9.43. The zero-order valence-electron chi connectivity index (χ0n) is 21.4. The van der Waals surface area contributed by atoms with E-state index in [0.29, 0.717) is 17.1 Å². The van der Waals surface area contributed by atoms with Crippen molar-refractivity contribution in [1.82, 2.24) is 14.9 Å². The Morgan fingerprint density at radius 3 is 2.33 bits per heavy atom. The minimum atomic E-state index is -1.43. The third-order valence-corrected chi connectivity index (χ3v) is 6.38. The number of amides is 1. The van der Waals surface area contributed by atoms with Crippen LogP contribution in [0.1, 0.15) is 59.8 Å². The number of benzene rings is 2. The molecule has 8 nitrogen and oxygen atoms in total. The smallest absolute Gasteiger partial charge is 0.550 e. The minimum absolute atomic E-state index is 0. The summed E-state index contributed by atoms with van der Waals surface area (Å²) in [7, 11) is 0. The summed E-state index contributed by atoms with van der Waals surface area (Å²) in [4.78, 5) is 28.5. The molecule has 0 radical (unpaired) electrons. The Morgan fingerprint density at radius 2 is 1.72 bits per heavy atom. The fourth-order valence-corrected chi connectivity index (χ4v) is 4.36. The molecule has 0 saturated heterocycles. The summed E-state index contributed by atoms with van der Waals surface area (Å²) in [6.07, 6.45) is -1.37. The summed E-state index contributed by atoms with van der Waals surface area (Å²) in [6, 6.07) is 8.61. The largest absolute Gasteiger partial charge is 1.00 e. The van der Waals surface area contributed by atoms with E-state index in [9.17, 15) is 38.1 Å². The Kier molecular flexibility index (Phi) is 10.7. The first kappa shape index (κ1) is 30.8. The first-order valence-corrected chi connectivity index (χ1v) is 12.3. The van der Waals surface area contributed by atoms with E-state index in [-0.39, 0.29) is 72.7 Å². The normalized spacial score (nSPS) is 14.4. The van der Waals surface area contributed by atoms with Gasteiger partial charge in [0.15, 0.2) is 0 Å². The Morgan fingerprint density at radius 1 is 1.05 bits per heavy atom. The van der Waals surface area contributed by atoms with Crippen LogP contribution in [0.3, 0.4) is 0 Å². The van der Waals surface area contributed by atoms with Crippen LogP contribution in [0.4, 0.5) is 13.2 Å². The maximum Gasteiger partial charge on any atom is 1.00 e. The molecule has 202 valence electrons. The van der Waals surface area contributed by atoms with E-state index < -0.39 is 48.0 Å². The van der Waals surface area contributed by atoms with Gasteiger partial charge >= 0.3 is 29.6 Å². The van der Waals surface area contributed by atoms with Crippen molar-refractivity contribution in [3.8, 4) is 11.4 Å². The van der Waals surface area contributed by atoms with Gasteiger partial charge in [0.05, 0.1) is 17.9 Å². The average Bonchev–Trinajstić information content (AvgIpc) is 3.62. The van der Waals surface area contributed by atoms with Crippen LogP contribution in [-0.4, -0.2) is 43.8 Å². The summed E-state index contributed by atoms with van der Waals surface area (Å²) >= 11 is 0. The monoisotopic (exact) mass is 553 g/mol. The summed E-state index contributed by atoms with van der Waals surface area (Å²) in [5.74, 6) is -3.59. The van der Waals surface area contributed by atoms with Gasteiger partial charge in [0.25, 0.3) is 5.91 Å². The molecule has 2 aromatic carbocycles. The number of aromatic nitrogens is 2. The fraction of sp³-hybridized carbons (Fsp3) is 0.370. The molecule has 0 unspecified atom stereocenters. The van der Waals surface area contributed by atoms with Crippen LogP contribution < -0.4 is 40.0 Å². The van der Waals surface area contributed by atoms with Gasteiger partial charge in [0.2, 0.25) is 0 Å². The third-order valence-electron chi connectivity index (χ3n) is 6.38. The molecule has 4 rings (SSSR count). The van der Waals surface area contributed by atoms with E-state index in [4.69, 9.17) is 0 Å². The zero-order chi connectivity index (χ0) is 27.4. The standard InChI is InChI=1S/C27H28F3N3O5.Na/c28-18-6-3-16(4-7-18)26-32-24(27(38)31-14-17-5-8-19(29)11-22(17)30)25(15-1-2-15)33(26)10-9-20(34)12-21(35)13-23(36)37;/h3-8,11,15,20-21,34-35H,1-2,9-10,12-14H2,(H,31,38)(H,36,37);/q;+1/p-1/t20-,21-;/m1./s1. The van der Waals surface area contributed by atoms with Crippen molar-refractivity contribution in [3.05, 3.63) is 76.9 Å². The molecule has 1 saturated carbocycles. The number of aliphatic hydroxyl groups excluding tert-OH is 2. The van der Waals surface area contributed by atoms with Crippen molar-refractivity contribution in [2.75, 3.05) is 0 Å². The molecule has 3 aromatic rings. The number of nitrogens with one attached hydrogen (secondary N) is 1. The van der Waals surface area contributed by atoms with Gasteiger partial charge in [-0.1, -0.05) is 6.07 Å². The Labute approximate surface area is 245 Å². The topological polar surface area (TPSA) is 128 Å². The van der Waals surface area contributed by atoms with Gasteiger partial charge in [0.1, 0.15) is 29.0 Å². The van der Waals surface area contributed by atoms with E-state index in [2.05, 4.69) is 10.3 Å². The van der Waals surface area contributed by atoms with Crippen molar-refractivity contribution >= 4 is 11.9 Å². The Hall–Kier alpha value is -2.70. The molecule has 1 aliphatic rings. The number of aliphatic hydroxyl groups is 2. The third kappa shape index (κ3) is 8.15. The van der Waals surface area contributed by atoms with E-state index in [1.807, 2.05) is 0 Å². The van der Waals surface area contributed by atoms with Crippen LogP contribution in [0.15, 0.2) is 42.5 Å². The number of rotatable bonds is 12. The summed E-state index contributed by atoms with van der Waals surface area (Å²) in [5, 5.41) is 33.6. The number of carboxylic acid groups (broad SMARTS) is 1. The molecule has 1 heterocycles. The Balaban J connectivity index is 0.00000420. The van der Waals surface area contributed by atoms with Crippen molar-refractivity contribution < 1.29 is 67.6 Å². The molecule has 0 aliphatic heterocycles. The van der Waals surface area contributed by atoms with Gasteiger partial charge in [-0.2, -0.15) is 0 Å². The summed E-state index contributed by atoms with van der Waals surface area (Å²) in [6.45, 7) is -0.00649. The number of halogens is 3. The second-order valence-electron chi connectivity index (χ2n) is 9.43. The predicted molar refractivity (Wildman–Crippen MR) is 128 cm³/mol. The van der Waals surface area contributed by atoms with Crippen LogP contribution in [0.5, 0.6) is 0 Å². The van der Waals surface area contributed by atoms with Crippen LogP contribution in [0.2, 0.25) is 0 Å². The van der Waals surface area contributed by atoms with Crippen LogP contribution in [-0.2, 0) is 17.9 Å². The first-order chi connectivity index (χ1) is 18.1. The van der Waals surface area contributed by atoms with Crippen LogP contribution >= 0.6 is 0 Å². The van der Waals surface area contributed by atoms with Crippen molar-refractivity contribution in [1.29, 1.82) is 0 Å². The molecule has 1 fully saturated rings. The number of imidazole rings is 1. The number of aliphatic carboxylic acids is 1. The number of carbonyl (C=O) groups excluding carboxylic acids is 2. The maximum absolute atomic E-state index is 14.1. The maximum atomic E-state index is 14.1. The molecule has 39 heavy (non-hydrogen) atoms. The first-order valence-electron chi connectivity index (χ1n) is 12.3. The van der Waals surface area contributed by atoms with Gasteiger partial charge in [-0.25, -0.2) is 18.2 Å². The van der Waals surface area contributed by atoms with Gasteiger partial charge < -0.3 is 30.0 Å². The van der Waals surface area contributed by atoms with E-state index in [0.717, 1.165) is 25.0 Å². The molecule has 1 amide bonds. The van der Waals surface area contributed by atoms with E-state index in [1.165, 1.54) is 30.3 Å². The predicted octanol–water partition coefficient (Wildman–Crippen LogP) is -0.579. The van der Waals surface area contributed by atoms with Crippen LogP contribution in [0, 0.1) is 17.5 Å². The fourth-order valence-electron chi connectivity index (χ4n) is 4.36. The number of carbonyl (C=O) groups is 2. The van der Waals surface area contributed by atoms with E-state index >= 15 is 0 Å². The quantitative estimate of drug-likeness (QED) is 0.258. The second kappa shape index (κ2) is 13.6. The summed E-state index contributed by atoms with van der Waals surface area (Å²) < 4.78 is 42.6. The average molecular weight is 554 g/mol. The molecular weight excluding hydrogens is 526 g/mol. The zero-order valence-corrected chi connectivity index (χ0v) is 23.4. The molecule has 1 aliphatic carbocycles. The van der Waals surface area contributed by atoms with Crippen molar-refractivity contribution in [3.63, 3.8) is 0 Å². The molecule has 0 bridgehead atoms.